The molecule has 0 saturated carbocycles. The number of likely N-dealkylation sites (N-methyl/N-ethyl adjacent to an activating group) is 1. The molecule has 0 aliphatic rings. The molecule has 9 heteroatoms. The average molecular weight is 540 g/mol. The highest BCUT2D eigenvalue weighted by Gasteiger charge is 2.14. The van der Waals surface area contributed by atoms with Gasteiger partial charge in [0.1, 0.15) is 19.8 Å². The van der Waals surface area contributed by atoms with Gasteiger partial charge in [0.2, 0.25) is 0 Å². The van der Waals surface area contributed by atoms with E-state index < -0.39 is 12.0 Å². The lowest BCUT2D eigenvalue weighted by Crippen LogP contribution is -2.36. The van der Waals surface area contributed by atoms with Gasteiger partial charge in [-0.05, 0) is 44.8 Å². The van der Waals surface area contributed by atoms with E-state index in [4.69, 9.17) is 14.2 Å². The van der Waals surface area contributed by atoms with Crippen LogP contribution < -0.4 is 14.9 Å². The number of hydrogen-bond donors (Lipinski definition) is 1. The van der Waals surface area contributed by atoms with Crippen molar-refractivity contribution in [2.75, 3.05) is 20.7 Å². The number of hydrazone groups is 1. The molecular formula is C26H26BrN3O5. The number of hydrogen-bond acceptors (Lipinski definition) is 6. The summed E-state index contributed by atoms with van der Waals surface area (Å²) in [6.45, 7) is 0.316. The third-order valence-corrected chi connectivity index (χ3v) is 5.37. The molecule has 0 bridgehead atoms. The van der Waals surface area contributed by atoms with Crippen LogP contribution in [0, 0.1) is 0 Å². The molecule has 0 aliphatic heterocycles. The van der Waals surface area contributed by atoms with Crippen molar-refractivity contribution in [1.82, 2.24) is 10.3 Å². The standard InChI is InChI=1S/C26H26BrN3O5/c1-30(26(32)35-18-20-11-7-4-8-12-20)16-24(31)29-28-15-21-13-22(27)25(23(14-21)33-2)34-17-19-9-5-3-6-10-19/h3-15H,16-18H2,1-2H3,(H,29,31)/b28-15-. The molecule has 3 aromatic carbocycles. The molecule has 0 unspecified atom stereocenters. The molecule has 35 heavy (non-hydrogen) atoms. The maximum Gasteiger partial charge on any atom is 0.410 e. The number of nitrogens with zero attached hydrogens (tertiary/aromatic N) is 2. The van der Waals surface area contributed by atoms with Crippen molar-refractivity contribution >= 4 is 34.1 Å². The minimum Gasteiger partial charge on any atom is -0.493 e. The topological polar surface area (TPSA) is 89.5 Å². The Hall–Kier alpha value is -3.85. The van der Waals surface area contributed by atoms with Crippen molar-refractivity contribution in [2.45, 2.75) is 13.2 Å². The maximum atomic E-state index is 12.2. The first-order valence-corrected chi connectivity index (χ1v) is 11.5. The van der Waals surface area contributed by atoms with Gasteiger partial charge in [-0.3, -0.25) is 4.79 Å². The summed E-state index contributed by atoms with van der Waals surface area (Å²) in [6, 6.07) is 22.6. The van der Waals surface area contributed by atoms with Gasteiger partial charge in [-0.1, -0.05) is 60.7 Å². The monoisotopic (exact) mass is 539 g/mol. The molecule has 0 saturated heterocycles. The fraction of sp³-hybridized carbons (Fsp3) is 0.192. The molecule has 3 rings (SSSR count). The van der Waals surface area contributed by atoms with Gasteiger partial charge >= 0.3 is 6.09 Å². The number of methoxy groups -OCH3 is 1. The molecule has 0 spiro atoms. The van der Waals surface area contributed by atoms with Crippen LogP contribution in [-0.2, 0) is 22.7 Å². The molecule has 3 aromatic rings. The van der Waals surface area contributed by atoms with Crippen molar-refractivity contribution in [3.63, 3.8) is 0 Å². The number of carbonyl (C=O) groups excluding carboxylic acids is 2. The van der Waals surface area contributed by atoms with Gasteiger partial charge < -0.3 is 19.1 Å². The fourth-order valence-corrected chi connectivity index (χ4v) is 3.58. The van der Waals surface area contributed by atoms with Gasteiger partial charge in [0.05, 0.1) is 17.8 Å². The number of amides is 2. The van der Waals surface area contributed by atoms with Crippen molar-refractivity contribution in [3.8, 4) is 11.5 Å². The first kappa shape index (κ1) is 25.8. The van der Waals surface area contributed by atoms with Crippen LogP contribution in [0.3, 0.4) is 0 Å². The zero-order chi connectivity index (χ0) is 25.0. The molecule has 0 radical (unpaired) electrons. The zero-order valence-electron chi connectivity index (χ0n) is 19.4. The van der Waals surface area contributed by atoms with E-state index in [-0.39, 0.29) is 13.2 Å². The second-order valence-corrected chi connectivity index (χ2v) is 8.35. The highest BCUT2D eigenvalue weighted by molar-refractivity contribution is 9.10. The Balaban J connectivity index is 1.50. The second-order valence-electron chi connectivity index (χ2n) is 7.50. The molecule has 1 N–H and O–H groups in total. The number of nitrogens with one attached hydrogen (secondary N) is 1. The van der Waals surface area contributed by atoms with Gasteiger partial charge in [-0.15, -0.1) is 0 Å². The van der Waals surface area contributed by atoms with E-state index in [9.17, 15) is 9.59 Å². The van der Waals surface area contributed by atoms with E-state index in [0.29, 0.717) is 28.1 Å². The largest absolute Gasteiger partial charge is 0.493 e. The molecule has 0 aliphatic carbocycles. The second kappa shape index (κ2) is 13.1. The SMILES string of the molecule is COc1cc(/C=N\NC(=O)CN(C)C(=O)OCc2ccccc2)cc(Br)c1OCc1ccccc1. The first-order valence-electron chi connectivity index (χ1n) is 10.7. The number of carbonyl (C=O) groups is 2. The first-order chi connectivity index (χ1) is 17.0. The van der Waals surface area contributed by atoms with Crippen LogP contribution in [0.5, 0.6) is 11.5 Å². The summed E-state index contributed by atoms with van der Waals surface area (Å²) >= 11 is 3.50. The van der Waals surface area contributed by atoms with Crippen molar-refractivity contribution in [3.05, 3.63) is 94.0 Å². The lowest BCUT2D eigenvalue weighted by atomic mass is 10.2. The van der Waals surface area contributed by atoms with Crippen molar-refractivity contribution in [2.24, 2.45) is 5.10 Å². The van der Waals surface area contributed by atoms with E-state index >= 15 is 0 Å². The summed E-state index contributed by atoms with van der Waals surface area (Å²) in [7, 11) is 3.03. The summed E-state index contributed by atoms with van der Waals surface area (Å²) in [5.74, 6) is 0.617. The molecule has 2 amide bonds. The zero-order valence-corrected chi connectivity index (χ0v) is 21.0. The Bertz CT molecular complexity index is 1160. The minimum atomic E-state index is -0.604. The Morgan fingerprint density at radius 2 is 1.63 bits per heavy atom. The number of ether oxygens (including phenoxy) is 3. The molecule has 8 nitrogen and oxygen atoms in total. The summed E-state index contributed by atoms with van der Waals surface area (Å²) in [4.78, 5) is 25.4. The van der Waals surface area contributed by atoms with Gasteiger partial charge in [0.15, 0.2) is 11.5 Å². The molecule has 0 atom stereocenters. The Morgan fingerprint density at radius 3 is 2.26 bits per heavy atom. The number of halogens is 1. The van der Waals surface area contributed by atoms with Crippen LogP contribution >= 0.6 is 15.9 Å². The van der Waals surface area contributed by atoms with E-state index in [0.717, 1.165) is 11.1 Å². The van der Waals surface area contributed by atoms with E-state index in [1.54, 1.807) is 19.2 Å². The summed E-state index contributed by atoms with van der Waals surface area (Å²) < 4.78 is 17.3. The van der Waals surface area contributed by atoms with Crippen LogP contribution in [0.2, 0.25) is 0 Å². The third kappa shape index (κ3) is 8.15. The lowest BCUT2D eigenvalue weighted by Gasteiger charge is -2.15. The Labute approximate surface area is 212 Å². The van der Waals surface area contributed by atoms with Gasteiger partial charge in [0.25, 0.3) is 5.91 Å². The van der Waals surface area contributed by atoms with E-state index in [1.165, 1.54) is 18.2 Å². The Kier molecular flexibility index (Phi) is 9.68. The predicted octanol–water partition coefficient (Wildman–Crippen LogP) is 4.76. The average Bonchev–Trinajstić information content (AvgIpc) is 2.87. The van der Waals surface area contributed by atoms with Gasteiger partial charge in [-0.2, -0.15) is 5.10 Å². The smallest absolute Gasteiger partial charge is 0.410 e. The molecule has 0 aromatic heterocycles. The van der Waals surface area contributed by atoms with Crippen molar-refractivity contribution in [1.29, 1.82) is 0 Å². The molecule has 182 valence electrons. The van der Waals surface area contributed by atoms with Crippen LogP contribution in [0.25, 0.3) is 0 Å². The number of rotatable bonds is 10. The molecular weight excluding hydrogens is 514 g/mol. The van der Waals surface area contributed by atoms with Crippen LogP contribution in [0.15, 0.2) is 82.4 Å². The molecule has 0 heterocycles. The predicted molar refractivity (Wildman–Crippen MR) is 136 cm³/mol. The fourth-order valence-electron chi connectivity index (χ4n) is 3.01. The normalized spacial score (nSPS) is 10.6. The maximum absolute atomic E-state index is 12.2. The Morgan fingerprint density at radius 1 is 1.00 bits per heavy atom. The van der Waals surface area contributed by atoms with Gasteiger partial charge in [-0.25, -0.2) is 10.2 Å². The summed E-state index contributed by atoms with van der Waals surface area (Å²) in [6.07, 6.45) is 0.868. The number of benzene rings is 3. The summed E-state index contributed by atoms with van der Waals surface area (Å²) in [5, 5.41) is 3.97. The molecule has 0 fully saturated rings. The highest BCUT2D eigenvalue weighted by Crippen LogP contribution is 2.36. The van der Waals surface area contributed by atoms with Crippen LogP contribution in [0.4, 0.5) is 4.79 Å². The van der Waals surface area contributed by atoms with E-state index in [1.807, 2.05) is 60.7 Å². The van der Waals surface area contributed by atoms with Crippen LogP contribution in [0.1, 0.15) is 16.7 Å². The quantitative estimate of drug-likeness (QED) is 0.296. The van der Waals surface area contributed by atoms with Crippen LogP contribution in [-0.4, -0.2) is 43.8 Å². The summed E-state index contributed by atoms with van der Waals surface area (Å²) in [5.41, 5.74) is 4.97. The minimum absolute atomic E-state index is 0.131. The van der Waals surface area contributed by atoms with E-state index in [2.05, 4.69) is 26.5 Å². The third-order valence-electron chi connectivity index (χ3n) is 4.78. The lowest BCUT2D eigenvalue weighted by molar-refractivity contribution is -0.121. The van der Waals surface area contributed by atoms with Crippen molar-refractivity contribution < 1.29 is 23.8 Å². The van der Waals surface area contributed by atoms with Gasteiger partial charge in [0, 0.05) is 7.05 Å². The highest BCUT2D eigenvalue weighted by atomic mass is 79.9.